The second kappa shape index (κ2) is 5.65. The fraction of sp³-hybridized carbons (Fsp3) is 0.0714. The maximum atomic E-state index is 12.4. The first kappa shape index (κ1) is 15.5. The van der Waals surface area contributed by atoms with Crippen molar-refractivity contribution < 1.29 is 17.9 Å². The van der Waals surface area contributed by atoms with Crippen LogP contribution in [-0.4, -0.2) is 20.9 Å². The summed E-state index contributed by atoms with van der Waals surface area (Å²) < 4.78 is 42.1. The summed E-state index contributed by atoms with van der Waals surface area (Å²) in [6.45, 7) is 0. The number of pyridine rings is 1. The summed E-state index contributed by atoms with van der Waals surface area (Å²) >= 11 is 3.30. The molecule has 0 fully saturated rings. The van der Waals surface area contributed by atoms with Gasteiger partial charge in [-0.3, -0.25) is 14.3 Å². The van der Waals surface area contributed by atoms with E-state index in [0.717, 1.165) is 12.1 Å². The highest BCUT2D eigenvalue weighted by atomic mass is 79.9. The highest BCUT2D eigenvalue weighted by Gasteiger charge is 2.31. The molecule has 5 nitrogen and oxygen atoms in total. The molecule has 9 heteroatoms. The molecule has 0 aliphatic carbocycles. The van der Waals surface area contributed by atoms with Crippen molar-refractivity contribution in [2.45, 2.75) is 6.36 Å². The van der Waals surface area contributed by atoms with Crippen LogP contribution in [0.4, 0.5) is 13.2 Å². The molecular weight excluding hydrogens is 379 g/mol. The predicted molar refractivity (Wildman–Crippen MR) is 79.5 cm³/mol. The van der Waals surface area contributed by atoms with Crippen molar-refractivity contribution in [2.75, 3.05) is 0 Å². The first-order valence-corrected chi connectivity index (χ1v) is 7.02. The topological polar surface area (TPSA) is 57.0 Å². The Morgan fingerprint density at radius 3 is 2.26 bits per heavy atom. The number of nitrogens with zero attached hydrogens (tertiary/aromatic N) is 3. The summed E-state index contributed by atoms with van der Waals surface area (Å²) in [6, 6.07) is 4.95. The van der Waals surface area contributed by atoms with Gasteiger partial charge in [-0.05, 0) is 40.2 Å². The molecule has 0 bridgehead atoms. The Kier molecular flexibility index (Phi) is 3.80. The summed E-state index contributed by atoms with van der Waals surface area (Å²) in [6.07, 6.45) is -0.431. The number of benzene rings is 1. The Morgan fingerprint density at radius 1 is 1.04 bits per heavy atom. The van der Waals surface area contributed by atoms with E-state index in [1.54, 1.807) is 0 Å². The van der Waals surface area contributed by atoms with Crippen molar-refractivity contribution in [3.63, 3.8) is 0 Å². The van der Waals surface area contributed by atoms with Crippen LogP contribution in [0.25, 0.3) is 16.7 Å². The van der Waals surface area contributed by atoms with Gasteiger partial charge in [0.1, 0.15) is 11.3 Å². The van der Waals surface area contributed by atoms with Crippen LogP contribution in [0.15, 0.2) is 52.1 Å². The van der Waals surface area contributed by atoms with Crippen molar-refractivity contribution in [3.8, 4) is 11.4 Å². The third-order valence-electron chi connectivity index (χ3n) is 2.94. The molecule has 0 unspecified atom stereocenters. The smallest absolute Gasteiger partial charge is 0.406 e. The molecule has 3 rings (SSSR count). The number of hydrogen-bond acceptors (Lipinski definition) is 4. The van der Waals surface area contributed by atoms with Crippen LogP contribution < -0.4 is 10.3 Å². The van der Waals surface area contributed by atoms with Gasteiger partial charge in [0.25, 0.3) is 5.56 Å². The van der Waals surface area contributed by atoms with Crippen molar-refractivity contribution in [1.82, 2.24) is 14.5 Å². The molecule has 0 radical (unpaired) electrons. The summed E-state index contributed by atoms with van der Waals surface area (Å²) in [7, 11) is 0. The second-order valence-corrected chi connectivity index (χ2v) is 5.30. The molecule has 0 N–H and O–H groups in total. The summed E-state index contributed by atoms with van der Waals surface area (Å²) in [4.78, 5) is 20.5. The number of rotatable bonds is 2. The standard InChI is InChI=1S/C14H7BrF3N3O2/c15-10-7-21(13(22)12-11(10)19-5-6-20-12)8-1-3-9(4-2-8)23-14(16,17)18/h1-7H. The molecule has 0 saturated heterocycles. The number of fused-ring (bicyclic) bond motifs is 1. The number of ether oxygens (including phenoxy) is 1. The van der Waals surface area contributed by atoms with Gasteiger partial charge in [-0.15, -0.1) is 13.2 Å². The van der Waals surface area contributed by atoms with Crippen LogP contribution in [0.1, 0.15) is 0 Å². The third-order valence-corrected chi connectivity index (χ3v) is 3.52. The lowest BCUT2D eigenvalue weighted by atomic mass is 10.3. The van der Waals surface area contributed by atoms with Crippen LogP contribution in [0.2, 0.25) is 0 Å². The van der Waals surface area contributed by atoms with Gasteiger partial charge in [0.15, 0.2) is 5.52 Å². The molecule has 0 spiro atoms. The lowest BCUT2D eigenvalue weighted by Crippen LogP contribution is -2.20. The Bertz CT molecular complexity index is 923. The first-order chi connectivity index (χ1) is 10.8. The van der Waals surface area contributed by atoms with Gasteiger partial charge in [0.2, 0.25) is 0 Å². The lowest BCUT2D eigenvalue weighted by molar-refractivity contribution is -0.274. The molecule has 2 aromatic heterocycles. The Balaban J connectivity index is 2.07. The van der Waals surface area contributed by atoms with E-state index in [9.17, 15) is 18.0 Å². The molecule has 0 aliphatic rings. The quantitative estimate of drug-likeness (QED) is 0.677. The van der Waals surface area contributed by atoms with E-state index in [4.69, 9.17) is 0 Å². The molecule has 0 saturated carbocycles. The maximum Gasteiger partial charge on any atom is 0.573 e. The van der Waals surface area contributed by atoms with Crippen molar-refractivity contribution in [1.29, 1.82) is 0 Å². The van der Waals surface area contributed by atoms with Gasteiger partial charge >= 0.3 is 6.36 Å². The van der Waals surface area contributed by atoms with Gasteiger partial charge in [-0.1, -0.05) is 0 Å². The van der Waals surface area contributed by atoms with E-state index < -0.39 is 11.9 Å². The van der Waals surface area contributed by atoms with E-state index >= 15 is 0 Å². The molecule has 3 aromatic rings. The second-order valence-electron chi connectivity index (χ2n) is 4.45. The molecule has 0 aliphatic heterocycles. The predicted octanol–water partition coefficient (Wildman–Crippen LogP) is 3.44. The fourth-order valence-corrected chi connectivity index (χ4v) is 2.51. The highest BCUT2D eigenvalue weighted by molar-refractivity contribution is 9.10. The Labute approximate surface area is 135 Å². The van der Waals surface area contributed by atoms with Crippen LogP contribution >= 0.6 is 15.9 Å². The van der Waals surface area contributed by atoms with Crippen molar-refractivity contribution in [3.05, 3.63) is 57.7 Å². The number of alkyl halides is 3. The maximum absolute atomic E-state index is 12.4. The lowest BCUT2D eigenvalue weighted by Gasteiger charge is -2.11. The minimum atomic E-state index is -4.76. The zero-order valence-corrected chi connectivity index (χ0v) is 12.8. The molecule has 23 heavy (non-hydrogen) atoms. The van der Waals surface area contributed by atoms with Gasteiger partial charge in [0.05, 0.1) is 4.47 Å². The summed E-state index contributed by atoms with van der Waals surface area (Å²) in [5.74, 6) is -0.367. The van der Waals surface area contributed by atoms with Crippen LogP contribution in [0, 0.1) is 0 Å². The largest absolute Gasteiger partial charge is 0.573 e. The zero-order chi connectivity index (χ0) is 16.6. The fourth-order valence-electron chi connectivity index (χ4n) is 2.02. The van der Waals surface area contributed by atoms with Crippen molar-refractivity contribution >= 4 is 27.0 Å². The number of aromatic nitrogens is 3. The van der Waals surface area contributed by atoms with E-state index in [2.05, 4.69) is 30.6 Å². The molecular formula is C14H7BrF3N3O2. The summed E-state index contributed by atoms with van der Waals surface area (Å²) in [5, 5.41) is 0. The van der Waals surface area contributed by atoms with Gasteiger partial charge in [-0.25, -0.2) is 4.98 Å². The highest BCUT2D eigenvalue weighted by Crippen LogP contribution is 2.24. The van der Waals surface area contributed by atoms with E-state index in [-0.39, 0.29) is 11.3 Å². The van der Waals surface area contributed by atoms with Gasteiger partial charge in [0, 0.05) is 24.3 Å². The third kappa shape index (κ3) is 3.19. The Morgan fingerprint density at radius 2 is 1.65 bits per heavy atom. The van der Waals surface area contributed by atoms with E-state index in [1.165, 1.54) is 35.3 Å². The van der Waals surface area contributed by atoms with Crippen LogP contribution in [0.3, 0.4) is 0 Å². The first-order valence-electron chi connectivity index (χ1n) is 6.23. The Hall–Kier alpha value is -2.42. The molecule has 0 amide bonds. The van der Waals surface area contributed by atoms with E-state index in [1.807, 2.05) is 0 Å². The zero-order valence-electron chi connectivity index (χ0n) is 11.2. The van der Waals surface area contributed by atoms with Gasteiger partial charge in [-0.2, -0.15) is 0 Å². The monoisotopic (exact) mass is 385 g/mol. The molecule has 2 heterocycles. The number of hydrogen-bond donors (Lipinski definition) is 0. The SMILES string of the molecule is O=c1c2nccnc2c(Br)cn1-c1ccc(OC(F)(F)F)cc1. The molecule has 1 aromatic carbocycles. The summed E-state index contributed by atoms with van der Waals surface area (Å²) in [5.41, 5.74) is 0.502. The van der Waals surface area contributed by atoms with Gasteiger partial charge < -0.3 is 4.74 Å². The van der Waals surface area contributed by atoms with Crippen LogP contribution in [-0.2, 0) is 0 Å². The van der Waals surface area contributed by atoms with Crippen LogP contribution in [0.5, 0.6) is 5.75 Å². The minimum Gasteiger partial charge on any atom is -0.406 e. The molecule has 118 valence electrons. The average molecular weight is 386 g/mol. The number of halogens is 4. The minimum absolute atomic E-state index is 0.150. The van der Waals surface area contributed by atoms with E-state index in [0.29, 0.717) is 15.7 Å². The normalized spacial score (nSPS) is 11.7. The van der Waals surface area contributed by atoms with Crippen molar-refractivity contribution in [2.24, 2.45) is 0 Å². The average Bonchev–Trinajstić information content (AvgIpc) is 2.50. The molecule has 0 atom stereocenters.